The number of rotatable bonds is 31. The summed E-state index contributed by atoms with van der Waals surface area (Å²) in [5, 5.41) is 8.78. The van der Waals surface area contributed by atoms with Crippen LogP contribution in [0.2, 0.25) is 0 Å². The zero-order valence-electron chi connectivity index (χ0n) is 25.1. The average molecular weight is 544 g/mol. The minimum absolute atomic E-state index is 0.183. The smallest absolute Gasteiger partial charge is 0.261 e. The standard InChI is InChI=1S/C33H66ClNO2/c1-2-3-4-5-6-7-8-9-10-11-12-13-14-15-16-17-18-19-20-21-22-23-24-25-26-27-28-29-30-31-32-33(36)35(34)37/h37H,2-32H2,1H3. The SMILES string of the molecule is CCCCCCCCCCCCCCCCCCCCCCCCCCCCCCCCC(=O)N(O)Cl. The molecule has 0 heterocycles. The van der Waals surface area contributed by atoms with Gasteiger partial charge in [0.1, 0.15) is 0 Å². The number of carbonyl (C=O) groups excluding carboxylic acids is 1. The zero-order chi connectivity index (χ0) is 27.1. The van der Waals surface area contributed by atoms with Crippen molar-refractivity contribution < 1.29 is 10.0 Å². The molecule has 0 aromatic heterocycles. The molecule has 0 saturated carbocycles. The maximum atomic E-state index is 11.1. The van der Waals surface area contributed by atoms with Crippen LogP contribution < -0.4 is 0 Å². The number of amides is 1. The Balaban J connectivity index is 3.05. The Labute approximate surface area is 238 Å². The third-order valence-corrected chi connectivity index (χ3v) is 8.14. The predicted molar refractivity (Wildman–Crippen MR) is 163 cm³/mol. The Morgan fingerprint density at radius 3 is 0.811 bits per heavy atom. The van der Waals surface area contributed by atoms with Gasteiger partial charge < -0.3 is 0 Å². The first kappa shape index (κ1) is 36.7. The van der Waals surface area contributed by atoms with Gasteiger partial charge in [-0.1, -0.05) is 193 Å². The highest BCUT2D eigenvalue weighted by atomic mass is 35.5. The van der Waals surface area contributed by atoms with E-state index < -0.39 is 5.91 Å². The maximum absolute atomic E-state index is 11.1. The molecule has 0 rings (SSSR count). The van der Waals surface area contributed by atoms with E-state index in [2.05, 4.69) is 6.92 Å². The van der Waals surface area contributed by atoms with Crippen LogP contribution in [0.3, 0.4) is 0 Å². The highest BCUT2D eigenvalue weighted by molar-refractivity contribution is 6.19. The van der Waals surface area contributed by atoms with Gasteiger partial charge in [-0.25, -0.2) is 0 Å². The van der Waals surface area contributed by atoms with Gasteiger partial charge in [0.2, 0.25) is 0 Å². The van der Waals surface area contributed by atoms with E-state index in [9.17, 15) is 4.79 Å². The number of carbonyl (C=O) groups is 1. The second-order valence-electron chi connectivity index (χ2n) is 11.7. The first-order valence-electron chi connectivity index (χ1n) is 16.9. The molecule has 0 aromatic rings. The first-order valence-corrected chi connectivity index (χ1v) is 17.2. The van der Waals surface area contributed by atoms with Crippen molar-refractivity contribution >= 4 is 17.7 Å². The van der Waals surface area contributed by atoms with E-state index in [1.54, 1.807) is 0 Å². The summed E-state index contributed by atoms with van der Waals surface area (Å²) < 4.78 is 0.183. The summed E-state index contributed by atoms with van der Waals surface area (Å²) in [6.45, 7) is 2.30. The molecule has 0 saturated heterocycles. The summed E-state index contributed by atoms with van der Waals surface area (Å²) in [5.74, 6) is -0.401. The summed E-state index contributed by atoms with van der Waals surface area (Å²) >= 11 is 5.19. The van der Waals surface area contributed by atoms with Crippen molar-refractivity contribution in [3.63, 3.8) is 0 Å². The third kappa shape index (κ3) is 31.8. The van der Waals surface area contributed by atoms with E-state index in [0.717, 1.165) is 12.8 Å². The fourth-order valence-corrected chi connectivity index (χ4v) is 5.48. The topological polar surface area (TPSA) is 40.5 Å². The Hall–Kier alpha value is -0.280. The number of hydrogen-bond acceptors (Lipinski definition) is 2. The molecular weight excluding hydrogens is 478 g/mol. The van der Waals surface area contributed by atoms with Crippen molar-refractivity contribution in [2.24, 2.45) is 0 Å². The van der Waals surface area contributed by atoms with Gasteiger partial charge in [-0.05, 0) is 6.42 Å². The average Bonchev–Trinajstić information content (AvgIpc) is 2.89. The second-order valence-corrected chi connectivity index (χ2v) is 12.0. The van der Waals surface area contributed by atoms with Crippen molar-refractivity contribution in [3.05, 3.63) is 0 Å². The minimum Gasteiger partial charge on any atom is -0.271 e. The molecule has 0 spiro atoms. The van der Waals surface area contributed by atoms with Crippen LogP contribution in [-0.2, 0) is 4.79 Å². The minimum atomic E-state index is -0.401. The van der Waals surface area contributed by atoms with Crippen LogP contribution in [0.1, 0.15) is 206 Å². The van der Waals surface area contributed by atoms with Crippen LogP contribution in [0.5, 0.6) is 0 Å². The van der Waals surface area contributed by atoms with Gasteiger partial charge in [-0.2, -0.15) is 0 Å². The molecule has 1 amide bonds. The third-order valence-electron chi connectivity index (χ3n) is 7.95. The number of hydrogen-bond donors (Lipinski definition) is 1. The molecule has 0 radical (unpaired) electrons. The van der Waals surface area contributed by atoms with E-state index in [4.69, 9.17) is 17.0 Å². The highest BCUT2D eigenvalue weighted by Crippen LogP contribution is 2.16. The molecule has 37 heavy (non-hydrogen) atoms. The molecule has 0 aliphatic rings. The Morgan fingerprint density at radius 1 is 0.432 bits per heavy atom. The van der Waals surface area contributed by atoms with E-state index >= 15 is 0 Å². The van der Waals surface area contributed by atoms with Gasteiger partial charge >= 0.3 is 0 Å². The first-order chi connectivity index (χ1) is 18.2. The molecule has 1 N–H and O–H groups in total. The highest BCUT2D eigenvalue weighted by Gasteiger charge is 2.06. The number of hydroxylamine groups is 1. The van der Waals surface area contributed by atoms with E-state index in [-0.39, 0.29) is 4.58 Å². The van der Waals surface area contributed by atoms with Gasteiger partial charge in [0.15, 0.2) is 0 Å². The van der Waals surface area contributed by atoms with Crippen molar-refractivity contribution in [1.82, 2.24) is 4.58 Å². The van der Waals surface area contributed by atoms with Crippen LogP contribution >= 0.6 is 11.8 Å². The van der Waals surface area contributed by atoms with Crippen LogP contribution in [0.25, 0.3) is 0 Å². The lowest BCUT2D eigenvalue weighted by Gasteiger charge is -2.05. The normalized spacial score (nSPS) is 11.3. The largest absolute Gasteiger partial charge is 0.271 e. The van der Waals surface area contributed by atoms with Crippen molar-refractivity contribution in [3.8, 4) is 0 Å². The summed E-state index contributed by atoms with van der Waals surface area (Å²) in [5.41, 5.74) is 0. The van der Waals surface area contributed by atoms with Crippen molar-refractivity contribution in [2.75, 3.05) is 0 Å². The van der Waals surface area contributed by atoms with Crippen LogP contribution in [0.15, 0.2) is 0 Å². The Kier molecular flexibility index (Phi) is 31.7. The Bertz CT molecular complexity index is 444. The molecule has 0 aromatic carbocycles. The Morgan fingerprint density at radius 2 is 0.622 bits per heavy atom. The van der Waals surface area contributed by atoms with Gasteiger partial charge in [-0.15, -0.1) is 4.58 Å². The fourth-order valence-electron chi connectivity index (χ4n) is 5.39. The van der Waals surface area contributed by atoms with Gasteiger partial charge in [0, 0.05) is 18.2 Å². The molecule has 0 bridgehead atoms. The van der Waals surface area contributed by atoms with Crippen molar-refractivity contribution in [2.45, 2.75) is 206 Å². The number of nitrogens with zero attached hydrogens (tertiary/aromatic N) is 1. The maximum Gasteiger partial charge on any atom is 0.261 e. The number of halogens is 1. The molecule has 3 nitrogen and oxygen atoms in total. The summed E-state index contributed by atoms with van der Waals surface area (Å²) in [7, 11) is 0. The monoisotopic (exact) mass is 543 g/mol. The van der Waals surface area contributed by atoms with Crippen LogP contribution in [-0.4, -0.2) is 15.7 Å². The fraction of sp³-hybridized carbons (Fsp3) is 0.970. The van der Waals surface area contributed by atoms with Gasteiger partial charge in [0.05, 0.1) is 0 Å². The molecule has 0 aliphatic heterocycles. The van der Waals surface area contributed by atoms with E-state index in [0.29, 0.717) is 6.42 Å². The summed E-state index contributed by atoms with van der Waals surface area (Å²) in [6, 6.07) is 0. The van der Waals surface area contributed by atoms with Gasteiger partial charge in [-0.3, -0.25) is 10.0 Å². The zero-order valence-corrected chi connectivity index (χ0v) is 25.9. The lowest BCUT2D eigenvalue weighted by Crippen LogP contribution is -2.16. The summed E-state index contributed by atoms with van der Waals surface area (Å²) in [4.78, 5) is 11.1. The second kappa shape index (κ2) is 31.9. The predicted octanol–water partition coefficient (Wildman–Crippen LogP) is 12.5. The van der Waals surface area contributed by atoms with Crippen LogP contribution in [0, 0.1) is 0 Å². The molecule has 0 atom stereocenters. The van der Waals surface area contributed by atoms with E-state index in [1.807, 2.05) is 0 Å². The summed E-state index contributed by atoms with van der Waals surface area (Å²) in [6.07, 6.45) is 42.1. The van der Waals surface area contributed by atoms with Gasteiger partial charge in [0.25, 0.3) is 5.91 Å². The van der Waals surface area contributed by atoms with Crippen LogP contribution in [0.4, 0.5) is 0 Å². The molecule has 4 heteroatoms. The molecule has 0 aliphatic carbocycles. The molecular formula is C33H66ClNO2. The molecule has 222 valence electrons. The molecule has 0 unspecified atom stereocenters. The van der Waals surface area contributed by atoms with Crippen molar-refractivity contribution in [1.29, 1.82) is 0 Å². The van der Waals surface area contributed by atoms with E-state index in [1.165, 1.54) is 180 Å². The lowest BCUT2D eigenvalue weighted by molar-refractivity contribution is -0.146. The quantitative estimate of drug-likeness (QED) is 0.0408. The number of unbranched alkanes of at least 4 members (excludes halogenated alkanes) is 29. The molecule has 0 fully saturated rings. The lowest BCUT2D eigenvalue weighted by atomic mass is 10.0.